The fourth-order valence-corrected chi connectivity index (χ4v) is 2.24. The first-order valence-electron chi connectivity index (χ1n) is 6.28. The number of benzene rings is 1. The largest absolute Gasteiger partial charge is 0.493 e. The van der Waals surface area contributed by atoms with Gasteiger partial charge in [0, 0.05) is 37.8 Å². The first-order chi connectivity index (χ1) is 8.31. The lowest BCUT2D eigenvalue weighted by molar-refractivity contribution is 0.178. The van der Waals surface area contributed by atoms with Crippen LogP contribution in [0.3, 0.4) is 0 Å². The van der Waals surface area contributed by atoms with Crippen molar-refractivity contribution in [2.24, 2.45) is 0 Å². The number of fused-ring (bicyclic) bond motifs is 1. The lowest BCUT2D eigenvalue weighted by Crippen LogP contribution is -2.34. The lowest BCUT2D eigenvalue weighted by Gasteiger charge is -2.29. The van der Waals surface area contributed by atoms with Crippen LogP contribution in [0.25, 0.3) is 0 Å². The second-order valence-corrected chi connectivity index (χ2v) is 4.58. The zero-order valence-electron chi connectivity index (χ0n) is 10.6. The highest BCUT2D eigenvalue weighted by atomic mass is 16.5. The third-order valence-corrected chi connectivity index (χ3v) is 3.20. The minimum atomic E-state index is 0.409. The molecule has 94 valence electrons. The highest BCUT2D eigenvalue weighted by Crippen LogP contribution is 2.31. The third-order valence-electron chi connectivity index (χ3n) is 3.20. The number of hydrogen-bond acceptors (Lipinski definition) is 3. The number of hydrogen-bond donors (Lipinski definition) is 1. The standard InChI is InChI=1S/C14H21NO2/c1-11(7-9-16-2)15-13-8-10-17-14-6-4-3-5-12(13)14/h3-6,11,13,15H,7-10H2,1-2H3. The van der Waals surface area contributed by atoms with Gasteiger partial charge in [-0.25, -0.2) is 0 Å². The normalized spacial score (nSPS) is 20.5. The molecule has 1 aliphatic heterocycles. The van der Waals surface area contributed by atoms with Gasteiger partial charge < -0.3 is 14.8 Å². The first-order valence-corrected chi connectivity index (χ1v) is 6.28. The van der Waals surface area contributed by atoms with Crippen LogP contribution < -0.4 is 10.1 Å². The van der Waals surface area contributed by atoms with Crippen LogP contribution in [0.1, 0.15) is 31.4 Å². The van der Waals surface area contributed by atoms with E-state index in [1.54, 1.807) is 7.11 Å². The molecule has 1 aromatic rings. The van der Waals surface area contributed by atoms with Crippen LogP contribution in [-0.4, -0.2) is 26.4 Å². The van der Waals surface area contributed by atoms with Crippen molar-refractivity contribution in [3.63, 3.8) is 0 Å². The monoisotopic (exact) mass is 235 g/mol. The molecule has 1 N–H and O–H groups in total. The lowest BCUT2D eigenvalue weighted by atomic mass is 9.99. The topological polar surface area (TPSA) is 30.5 Å². The molecule has 0 aromatic heterocycles. The van der Waals surface area contributed by atoms with Gasteiger partial charge in [-0.1, -0.05) is 18.2 Å². The molecule has 2 rings (SSSR count). The molecule has 1 aromatic carbocycles. The van der Waals surface area contributed by atoms with Crippen LogP contribution in [0.5, 0.6) is 5.75 Å². The molecule has 0 fully saturated rings. The minimum Gasteiger partial charge on any atom is -0.493 e. The Labute approximate surface area is 103 Å². The summed E-state index contributed by atoms with van der Waals surface area (Å²) in [6.07, 6.45) is 2.07. The van der Waals surface area contributed by atoms with Crippen molar-refractivity contribution in [3.05, 3.63) is 29.8 Å². The summed E-state index contributed by atoms with van der Waals surface area (Å²) in [4.78, 5) is 0. The molecular weight excluding hydrogens is 214 g/mol. The molecule has 0 spiro atoms. The molecule has 0 saturated carbocycles. The summed E-state index contributed by atoms with van der Waals surface area (Å²) in [6, 6.07) is 9.16. The van der Waals surface area contributed by atoms with Crippen molar-refractivity contribution < 1.29 is 9.47 Å². The molecule has 1 aliphatic rings. The fraction of sp³-hybridized carbons (Fsp3) is 0.571. The Kier molecular flexibility index (Phi) is 4.40. The molecule has 0 bridgehead atoms. The maximum Gasteiger partial charge on any atom is 0.124 e. The van der Waals surface area contributed by atoms with Gasteiger partial charge in [-0.2, -0.15) is 0 Å². The van der Waals surface area contributed by atoms with E-state index < -0.39 is 0 Å². The van der Waals surface area contributed by atoms with Gasteiger partial charge in [-0.3, -0.25) is 0 Å². The molecule has 0 radical (unpaired) electrons. The summed E-state index contributed by atoms with van der Waals surface area (Å²) in [7, 11) is 1.75. The molecular formula is C14H21NO2. The second-order valence-electron chi connectivity index (χ2n) is 4.58. The summed E-state index contributed by atoms with van der Waals surface area (Å²) in [5.74, 6) is 1.02. The molecule has 3 nitrogen and oxygen atoms in total. The van der Waals surface area contributed by atoms with Gasteiger partial charge in [0.05, 0.1) is 6.61 Å². The van der Waals surface area contributed by atoms with E-state index >= 15 is 0 Å². The van der Waals surface area contributed by atoms with Crippen LogP contribution in [0, 0.1) is 0 Å². The van der Waals surface area contributed by atoms with Crippen LogP contribution in [0.15, 0.2) is 24.3 Å². The maximum atomic E-state index is 5.65. The summed E-state index contributed by atoms with van der Waals surface area (Å²) in [6.45, 7) is 3.81. The summed E-state index contributed by atoms with van der Waals surface area (Å²) in [5, 5.41) is 3.65. The van der Waals surface area contributed by atoms with Crippen LogP contribution in [-0.2, 0) is 4.74 Å². The Hall–Kier alpha value is -1.06. The molecule has 3 heteroatoms. The van der Waals surface area contributed by atoms with Crippen molar-refractivity contribution in [3.8, 4) is 5.75 Å². The smallest absolute Gasteiger partial charge is 0.124 e. The Morgan fingerprint density at radius 1 is 1.47 bits per heavy atom. The van der Waals surface area contributed by atoms with E-state index in [-0.39, 0.29) is 0 Å². The van der Waals surface area contributed by atoms with Gasteiger partial charge in [0.25, 0.3) is 0 Å². The van der Waals surface area contributed by atoms with E-state index in [1.165, 1.54) is 5.56 Å². The van der Waals surface area contributed by atoms with Crippen LogP contribution >= 0.6 is 0 Å². The van der Waals surface area contributed by atoms with Gasteiger partial charge in [0.2, 0.25) is 0 Å². The maximum absolute atomic E-state index is 5.65. The molecule has 0 aliphatic carbocycles. The van der Waals surface area contributed by atoms with E-state index in [2.05, 4.69) is 24.4 Å². The van der Waals surface area contributed by atoms with Crippen molar-refractivity contribution in [1.29, 1.82) is 0 Å². The second kappa shape index (κ2) is 6.03. The van der Waals surface area contributed by atoms with Gasteiger partial charge in [-0.15, -0.1) is 0 Å². The van der Waals surface area contributed by atoms with E-state index in [0.717, 1.165) is 31.8 Å². The molecule has 17 heavy (non-hydrogen) atoms. The summed E-state index contributed by atoms with van der Waals surface area (Å²) < 4.78 is 10.8. The predicted molar refractivity (Wildman–Crippen MR) is 68.4 cm³/mol. The van der Waals surface area contributed by atoms with Crippen molar-refractivity contribution in [2.45, 2.75) is 31.8 Å². The van der Waals surface area contributed by atoms with Crippen LogP contribution in [0.2, 0.25) is 0 Å². The van der Waals surface area contributed by atoms with Crippen molar-refractivity contribution in [1.82, 2.24) is 5.32 Å². The number of methoxy groups -OCH3 is 1. The number of rotatable bonds is 5. The highest BCUT2D eigenvalue weighted by molar-refractivity contribution is 5.37. The van der Waals surface area contributed by atoms with Crippen molar-refractivity contribution >= 4 is 0 Å². The highest BCUT2D eigenvalue weighted by Gasteiger charge is 2.21. The minimum absolute atomic E-state index is 0.409. The Morgan fingerprint density at radius 3 is 3.12 bits per heavy atom. The predicted octanol–water partition coefficient (Wildman–Crippen LogP) is 2.52. The van der Waals surface area contributed by atoms with Crippen LogP contribution in [0.4, 0.5) is 0 Å². The Bertz CT molecular complexity index is 354. The Morgan fingerprint density at radius 2 is 2.29 bits per heavy atom. The number of para-hydroxylation sites is 1. The molecule has 1 heterocycles. The summed E-state index contributed by atoms with van der Waals surface area (Å²) >= 11 is 0. The SMILES string of the molecule is COCCC(C)NC1CCOc2ccccc21. The number of ether oxygens (including phenoxy) is 2. The van der Waals surface area contributed by atoms with E-state index in [4.69, 9.17) is 9.47 Å². The quantitative estimate of drug-likeness (QED) is 0.850. The van der Waals surface area contributed by atoms with Crippen molar-refractivity contribution in [2.75, 3.05) is 20.3 Å². The number of nitrogens with one attached hydrogen (secondary N) is 1. The molecule has 2 unspecified atom stereocenters. The molecule has 0 amide bonds. The van der Waals surface area contributed by atoms with Gasteiger partial charge in [0.1, 0.15) is 5.75 Å². The third kappa shape index (κ3) is 3.20. The van der Waals surface area contributed by atoms with E-state index in [9.17, 15) is 0 Å². The van der Waals surface area contributed by atoms with E-state index in [1.807, 2.05) is 12.1 Å². The summed E-state index contributed by atoms with van der Waals surface area (Å²) in [5.41, 5.74) is 1.28. The average Bonchev–Trinajstić information content (AvgIpc) is 2.37. The first kappa shape index (κ1) is 12.4. The van der Waals surface area contributed by atoms with Gasteiger partial charge in [-0.05, 0) is 19.4 Å². The molecule has 2 atom stereocenters. The average molecular weight is 235 g/mol. The fourth-order valence-electron chi connectivity index (χ4n) is 2.24. The van der Waals surface area contributed by atoms with Gasteiger partial charge >= 0.3 is 0 Å². The van der Waals surface area contributed by atoms with Gasteiger partial charge in [0.15, 0.2) is 0 Å². The van der Waals surface area contributed by atoms with E-state index in [0.29, 0.717) is 12.1 Å². The zero-order chi connectivity index (χ0) is 12.1. The molecule has 0 saturated heterocycles. The Balaban J connectivity index is 1.98. The zero-order valence-corrected chi connectivity index (χ0v) is 10.6.